The Morgan fingerprint density at radius 1 is 1.25 bits per heavy atom. The molecule has 2 fully saturated rings. The van der Waals surface area contributed by atoms with Crippen LogP contribution in [0.5, 0.6) is 0 Å². The van der Waals surface area contributed by atoms with E-state index in [9.17, 15) is 14.7 Å². The van der Waals surface area contributed by atoms with Gasteiger partial charge < -0.3 is 30.9 Å². The maximum absolute atomic E-state index is 12.1. The summed E-state index contributed by atoms with van der Waals surface area (Å²) in [6.45, 7) is 6.38. The van der Waals surface area contributed by atoms with Gasteiger partial charge in [-0.3, -0.25) is 0 Å². The van der Waals surface area contributed by atoms with Crippen molar-refractivity contribution in [3.05, 3.63) is 6.42 Å². The molecule has 1 radical (unpaired) electrons. The molecular weight excluding hydrogens is 818 g/mol. The number of amides is 1. The van der Waals surface area contributed by atoms with Crippen LogP contribution in [-0.2, 0) is 49.2 Å². The summed E-state index contributed by atoms with van der Waals surface area (Å²) in [4.78, 5) is 27.0. The predicted octanol–water partition coefficient (Wildman–Crippen LogP) is -3.12. The van der Waals surface area contributed by atoms with Crippen molar-refractivity contribution in [2.75, 3.05) is 20.1 Å². The molecule has 0 aromatic heterocycles. The normalized spacial score (nSPS) is 25.8. The van der Waals surface area contributed by atoms with Crippen molar-refractivity contribution in [1.82, 2.24) is 9.80 Å². The molecule has 10 heteroatoms. The number of likely N-dealkylation sites (N-methyl/N-ethyl adjacent to an activating group) is 1. The van der Waals surface area contributed by atoms with E-state index in [2.05, 4.69) is 0 Å². The van der Waals surface area contributed by atoms with Crippen LogP contribution in [0.2, 0.25) is 0 Å². The van der Waals surface area contributed by atoms with Crippen LogP contribution in [0.4, 0.5) is 4.79 Å². The van der Waals surface area contributed by atoms with E-state index >= 15 is 0 Å². The zero-order valence-corrected chi connectivity index (χ0v) is 28.2. The minimum absolute atomic E-state index is 0. The molecular formula is C14H22N2O4RbUVW-. The monoisotopic (exact) mass is 840 g/mol. The Hall–Kier alpha value is 2.83. The number of carboxylic acid groups (broad SMARTS) is 1. The third-order valence-electron chi connectivity index (χ3n) is 3.94. The number of nitrogens with zero attached hydrogens (tertiary/aromatic N) is 2. The molecule has 3 atom stereocenters. The van der Waals surface area contributed by atoms with Crippen molar-refractivity contribution in [1.29, 1.82) is 0 Å². The van der Waals surface area contributed by atoms with E-state index in [1.165, 1.54) is 0 Å². The van der Waals surface area contributed by atoms with Crippen LogP contribution in [0.3, 0.4) is 0 Å². The van der Waals surface area contributed by atoms with Crippen molar-refractivity contribution in [3.8, 4) is 0 Å². The maximum Gasteiger partial charge on any atom is 1.00 e. The third kappa shape index (κ3) is 8.46. The average molecular weight is 841 g/mol. The Morgan fingerprint density at radius 3 is 2.25 bits per heavy atom. The minimum Gasteiger partial charge on any atom is -0.553 e. The van der Waals surface area contributed by atoms with Crippen LogP contribution in [0.25, 0.3) is 0 Å². The molecule has 6 nitrogen and oxygen atoms in total. The zero-order valence-electron chi connectivity index (χ0n) is 14.8. The van der Waals surface area contributed by atoms with E-state index in [1.54, 1.807) is 11.3 Å². The summed E-state index contributed by atoms with van der Waals surface area (Å²) < 4.78 is 5.37. The minimum atomic E-state index is -1.08. The second-order valence-electron chi connectivity index (χ2n) is 6.59. The van der Waals surface area contributed by atoms with Gasteiger partial charge in [-0.15, -0.1) is 5.92 Å². The molecule has 0 spiro atoms. The number of fused-ring (bicyclic) bond motifs is 2. The molecule has 2 aliphatic rings. The second-order valence-corrected chi connectivity index (χ2v) is 6.59. The Labute approximate surface area is 243 Å². The Kier molecular flexibility index (Phi) is 17.2. The number of hydrogen-bond donors (Lipinski definition) is 0. The van der Waals surface area contributed by atoms with E-state index in [4.69, 9.17) is 4.74 Å². The topological polar surface area (TPSA) is 72.9 Å². The molecule has 129 valence electrons. The molecule has 2 bridgehead atoms. The first kappa shape index (κ1) is 31.5. The molecule has 0 aromatic carbocycles. The number of rotatable bonds is 1. The number of piperazine rings is 1. The molecule has 3 unspecified atom stereocenters. The fraction of sp³-hybridized carbons (Fsp3) is 0.786. The van der Waals surface area contributed by atoms with Gasteiger partial charge in [0.2, 0.25) is 0 Å². The van der Waals surface area contributed by atoms with Crippen LogP contribution in [-0.4, -0.2) is 59.7 Å². The number of hydrogen-bond acceptors (Lipinski definition) is 5. The van der Waals surface area contributed by atoms with E-state index in [0.29, 0.717) is 19.5 Å². The van der Waals surface area contributed by atoms with E-state index < -0.39 is 17.5 Å². The first-order valence-electron chi connectivity index (χ1n) is 6.93. The van der Waals surface area contributed by atoms with Gasteiger partial charge in [0.1, 0.15) is 5.60 Å². The van der Waals surface area contributed by atoms with Crippen molar-refractivity contribution in [2.45, 2.75) is 44.9 Å². The standard InChI is InChI=1S/C14H23N2O4.Rb.U.V.W/c1-14(2,3)20-13(19)16-7-9-5-6-10(12(17)18)11(8-16)15(9)4;;;;/h6,9-11H,5,7-8H2,1-4H3,(H,17,18);;;;/q-1;+1;;;/p-1. The second kappa shape index (κ2) is 13.1. The number of ether oxygens (including phenoxy) is 1. The summed E-state index contributed by atoms with van der Waals surface area (Å²) >= 11 is 0. The Morgan fingerprint density at radius 2 is 1.79 bits per heavy atom. The molecule has 0 aliphatic carbocycles. The number of likely N-dealkylation sites (tertiary alicyclic amines) is 1. The quantitative estimate of drug-likeness (QED) is 0.262. The molecule has 2 aliphatic heterocycles. The van der Waals surface area contributed by atoms with Gasteiger partial charge in [-0.25, -0.2) is 4.79 Å². The smallest absolute Gasteiger partial charge is 0.553 e. The average Bonchev–Trinajstić information content (AvgIpc) is 2.25. The van der Waals surface area contributed by atoms with Crippen molar-refractivity contribution < 1.29 is 148 Å². The summed E-state index contributed by atoms with van der Waals surface area (Å²) in [7, 11) is 1.91. The predicted molar refractivity (Wildman–Crippen MR) is 70.6 cm³/mol. The molecule has 2 saturated heterocycles. The van der Waals surface area contributed by atoms with E-state index in [1.807, 2.05) is 32.7 Å². The molecule has 2 heterocycles. The van der Waals surface area contributed by atoms with Gasteiger partial charge in [0.25, 0.3) is 0 Å². The summed E-state index contributed by atoms with van der Waals surface area (Å²) in [6, 6.07) is -0.0862. The molecule has 0 aromatic rings. The first-order chi connectivity index (χ1) is 9.19. The summed E-state index contributed by atoms with van der Waals surface area (Å²) in [6.07, 6.45) is 2.07. The van der Waals surface area contributed by atoms with E-state index in [0.717, 1.165) is 0 Å². The summed E-state index contributed by atoms with van der Waals surface area (Å²) in [5, 5.41) is 11.2. The van der Waals surface area contributed by atoms with E-state index in [-0.39, 0.29) is 147 Å². The number of carbonyl (C=O) groups excluding carboxylic acids is 2. The molecule has 0 saturated carbocycles. The molecule has 24 heavy (non-hydrogen) atoms. The van der Waals surface area contributed by atoms with Gasteiger partial charge in [-0.05, 0) is 27.8 Å². The fourth-order valence-electron chi connectivity index (χ4n) is 2.88. The molecule has 2 rings (SSSR count). The Balaban J connectivity index is -0.00000110. The van der Waals surface area contributed by atoms with Gasteiger partial charge in [0.15, 0.2) is 0 Å². The molecule has 0 N–H and O–H groups in total. The fourth-order valence-corrected chi connectivity index (χ4v) is 2.88. The number of piperidine rings is 1. The zero-order chi connectivity index (χ0) is 15.1. The largest absolute Gasteiger partial charge is 1.00 e. The number of carboxylic acids is 1. The van der Waals surface area contributed by atoms with Crippen LogP contribution < -0.4 is 63.3 Å². The van der Waals surface area contributed by atoms with Crippen LogP contribution in [0, 0.1) is 43.5 Å². The SMILES string of the molecule is CN1C2C[CH-]C(C(=O)[O-])C1CN(C(=O)OC(C)(C)C)C2.[Rb+].[U].[V].[W]. The molecule has 1 amide bonds. The van der Waals surface area contributed by atoms with Crippen molar-refractivity contribution >= 4 is 12.1 Å². The maximum atomic E-state index is 12.1. The number of carbonyl (C=O) groups is 2. The van der Waals surface area contributed by atoms with Crippen LogP contribution in [0.15, 0.2) is 0 Å². The van der Waals surface area contributed by atoms with Crippen molar-refractivity contribution in [3.63, 3.8) is 0 Å². The summed E-state index contributed by atoms with van der Waals surface area (Å²) in [5.41, 5.74) is -0.546. The third-order valence-corrected chi connectivity index (χ3v) is 3.94. The van der Waals surface area contributed by atoms with Crippen molar-refractivity contribution in [2.24, 2.45) is 5.92 Å². The Bertz CT molecular complexity index is 428. The van der Waals surface area contributed by atoms with Crippen LogP contribution in [0.1, 0.15) is 27.2 Å². The van der Waals surface area contributed by atoms with Gasteiger partial charge >= 0.3 is 64.3 Å². The van der Waals surface area contributed by atoms with Gasteiger partial charge in [0.05, 0.1) is 0 Å². The van der Waals surface area contributed by atoms with Gasteiger partial charge in [-0.1, -0.05) is 0 Å². The van der Waals surface area contributed by atoms with Crippen LogP contribution >= 0.6 is 0 Å². The first-order valence-corrected chi connectivity index (χ1v) is 6.93. The van der Waals surface area contributed by atoms with Gasteiger partial charge in [0, 0.05) is 102 Å². The van der Waals surface area contributed by atoms with Gasteiger partial charge in [-0.2, -0.15) is 6.42 Å². The number of aliphatic carboxylic acids is 1. The summed E-state index contributed by atoms with van der Waals surface area (Å²) in [5.74, 6) is -1.71.